The fourth-order valence-corrected chi connectivity index (χ4v) is 5.10. The smallest absolute Gasteiger partial charge is 0.271 e. The minimum atomic E-state index is -3.72. The van der Waals surface area contributed by atoms with Crippen LogP contribution in [0.25, 0.3) is 16.9 Å². The maximum atomic E-state index is 12.7. The van der Waals surface area contributed by atoms with Gasteiger partial charge in [0.25, 0.3) is 15.9 Å². The molecule has 0 atom stereocenters. The van der Waals surface area contributed by atoms with E-state index < -0.39 is 15.9 Å². The van der Waals surface area contributed by atoms with Crippen LogP contribution in [0.3, 0.4) is 0 Å². The first-order valence-electron chi connectivity index (χ1n) is 11.8. The van der Waals surface area contributed by atoms with Gasteiger partial charge in [-0.15, -0.1) is 0 Å². The Morgan fingerprint density at radius 1 is 0.846 bits per heavy atom. The summed E-state index contributed by atoms with van der Waals surface area (Å²) in [5.74, 6) is -0.440. The number of nitrogens with one attached hydrogen (secondary N) is 2. The van der Waals surface area contributed by atoms with Crippen LogP contribution >= 0.6 is 15.9 Å². The molecule has 5 aromatic rings. The van der Waals surface area contributed by atoms with Crippen LogP contribution in [0.15, 0.2) is 130 Å². The van der Waals surface area contributed by atoms with Gasteiger partial charge in [0.05, 0.1) is 16.8 Å². The van der Waals surface area contributed by atoms with Crippen LogP contribution < -0.4 is 10.1 Å². The van der Waals surface area contributed by atoms with E-state index in [1.807, 2.05) is 60.8 Å². The van der Waals surface area contributed by atoms with Crippen molar-refractivity contribution < 1.29 is 13.2 Å². The predicted octanol–water partition coefficient (Wildman–Crippen LogP) is 5.87. The monoisotopic (exact) mass is 599 g/mol. The third-order valence-corrected chi connectivity index (χ3v) is 7.63. The number of aromatic nitrogens is 2. The van der Waals surface area contributed by atoms with Crippen molar-refractivity contribution in [3.05, 3.63) is 131 Å². The van der Waals surface area contributed by atoms with Gasteiger partial charge >= 0.3 is 0 Å². The van der Waals surface area contributed by atoms with Gasteiger partial charge in [-0.2, -0.15) is 10.2 Å². The molecule has 0 fully saturated rings. The molecule has 1 aromatic heterocycles. The zero-order valence-electron chi connectivity index (χ0n) is 20.4. The highest BCUT2D eigenvalue weighted by atomic mass is 79.9. The van der Waals surface area contributed by atoms with Gasteiger partial charge in [0.15, 0.2) is 0 Å². The lowest BCUT2D eigenvalue weighted by atomic mass is 10.1. The third-order valence-electron chi connectivity index (χ3n) is 5.70. The fourth-order valence-electron chi connectivity index (χ4n) is 3.76. The Kier molecular flexibility index (Phi) is 7.67. The third kappa shape index (κ3) is 6.31. The van der Waals surface area contributed by atoms with Crippen LogP contribution in [0.4, 0.5) is 5.69 Å². The van der Waals surface area contributed by atoms with Crippen molar-refractivity contribution in [3.63, 3.8) is 0 Å². The maximum Gasteiger partial charge on any atom is 0.271 e. The Morgan fingerprint density at radius 3 is 2.15 bits per heavy atom. The molecule has 5 rings (SSSR count). The van der Waals surface area contributed by atoms with Crippen molar-refractivity contribution in [2.24, 2.45) is 5.10 Å². The quantitative estimate of drug-likeness (QED) is 0.172. The molecule has 0 aliphatic rings. The van der Waals surface area contributed by atoms with Crippen LogP contribution in [0.2, 0.25) is 0 Å². The first kappa shape index (κ1) is 26.1. The molecule has 0 unspecified atom stereocenters. The van der Waals surface area contributed by atoms with E-state index in [1.54, 1.807) is 29.1 Å². The highest BCUT2D eigenvalue weighted by Gasteiger charge is 2.14. The zero-order valence-corrected chi connectivity index (χ0v) is 22.8. The second-order valence-corrected chi connectivity index (χ2v) is 11.0. The van der Waals surface area contributed by atoms with Gasteiger partial charge in [0, 0.05) is 33.0 Å². The number of hydrogen-bond acceptors (Lipinski definition) is 5. The number of halogens is 1. The number of carbonyl (C=O) groups is 1. The summed E-state index contributed by atoms with van der Waals surface area (Å²) in [7, 11) is -3.72. The Hall–Kier alpha value is -4.54. The van der Waals surface area contributed by atoms with Gasteiger partial charge in [0.1, 0.15) is 5.69 Å². The van der Waals surface area contributed by atoms with E-state index in [4.69, 9.17) is 5.10 Å². The lowest BCUT2D eigenvalue weighted by Crippen LogP contribution is -2.18. The van der Waals surface area contributed by atoms with Gasteiger partial charge in [0.2, 0.25) is 0 Å². The summed E-state index contributed by atoms with van der Waals surface area (Å²) in [4.78, 5) is 12.8. The molecule has 10 heteroatoms. The zero-order chi connectivity index (χ0) is 27.2. The number of benzene rings is 4. The van der Waals surface area contributed by atoms with E-state index in [0.29, 0.717) is 22.5 Å². The lowest BCUT2D eigenvalue weighted by molar-refractivity contribution is 0.0955. The molecule has 39 heavy (non-hydrogen) atoms. The number of rotatable bonds is 8. The first-order chi connectivity index (χ1) is 18.9. The number of para-hydroxylation sites is 1. The molecule has 0 aliphatic carbocycles. The van der Waals surface area contributed by atoms with E-state index in [9.17, 15) is 13.2 Å². The summed E-state index contributed by atoms with van der Waals surface area (Å²) in [6.45, 7) is 0. The SMILES string of the molecule is O=C(NN=Cc1cn(-c2ccccc2)nc1-c1ccc(Br)cc1)c1ccc(NS(=O)(=O)c2ccccc2)cc1. The molecule has 1 heterocycles. The van der Waals surface area contributed by atoms with Crippen LogP contribution in [-0.4, -0.2) is 30.3 Å². The van der Waals surface area contributed by atoms with Gasteiger partial charge in [-0.1, -0.05) is 64.5 Å². The first-order valence-corrected chi connectivity index (χ1v) is 14.1. The molecule has 0 spiro atoms. The van der Waals surface area contributed by atoms with E-state index in [2.05, 4.69) is 31.2 Å². The topological polar surface area (TPSA) is 105 Å². The largest absolute Gasteiger partial charge is 0.280 e. The highest BCUT2D eigenvalue weighted by Crippen LogP contribution is 2.24. The number of hydrogen-bond donors (Lipinski definition) is 2. The molecule has 0 bridgehead atoms. The highest BCUT2D eigenvalue weighted by molar-refractivity contribution is 9.10. The molecule has 1 amide bonds. The van der Waals surface area contributed by atoms with Crippen molar-refractivity contribution in [2.45, 2.75) is 4.90 Å². The van der Waals surface area contributed by atoms with E-state index >= 15 is 0 Å². The van der Waals surface area contributed by atoms with Crippen LogP contribution in [0.1, 0.15) is 15.9 Å². The Labute approximate surface area is 234 Å². The summed E-state index contributed by atoms with van der Waals surface area (Å²) in [5, 5.41) is 8.89. The summed E-state index contributed by atoms with van der Waals surface area (Å²) in [6, 6.07) is 31.6. The molecule has 2 N–H and O–H groups in total. The summed E-state index contributed by atoms with van der Waals surface area (Å²) < 4.78 is 30.3. The summed E-state index contributed by atoms with van der Waals surface area (Å²) in [5.41, 5.74) is 6.40. The second kappa shape index (κ2) is 11.5. The summed E-state index contributed by atoms with van der Waals surface area (Å²) >= 11 is 3.45. The van der Waals surface area contributed by atoms with Gasteiger partial charge in [-0.25, -0.2) is 18.5 Å². The molecule has 0 aliphatic heterocycles. The van der Waals surface area contributed by atoms with E-state index in [1.165, 1.54) is 36.4 Å². The van der Waals surface area contributed by atoms with Gasteiger partial charge < -0.3 is 0 Å². The standard InChI is InChI=1S/C29H22BrN5O3S/c30-24-15-11-21(12-16-24)28-23(20-35(33-28)26-7-3-1-4-8-26)19-31-32-29(36)22-13-17-25(18-14-22)34-39(37,38)27-9-5-2-6-10-27/h1-20,34H,(H,32,36). The number of nitrogens with zero attached hydrogens (tertiary/aromatic N) is 3. The number of anilines is 1. The van der Waals surface area contributed by atoms with Crippen LogP contribution in [-0.2, 0) is 10.0 Å². The normalized spacial score (nSPS) is 11.4. The second-order valence-electron chi connectivity index (χ2n) is 8.42. The molecule has 0 saturated heterocycles. The minimum absolute atomic E-state index is 0.152. The van der Waals surface area contributed by atoms with Crippen molar-refractivity contribution in [1.29, 1.82) is 0 Å². The van der Waals surface area contributed by atoms with Crippen molar-refractivity contribution in [1.82, 2.24) is 15.2 Å². The van der Waals surface area contributed by atoms with Crippen molar-refractivity contribution >= 4 is 43.8 Å². The number of amides is 1. The fraction of sp³-hybridized carbons (Fsp3) is 0. The van der Waals surface area contributed by atoms with Gasteiger partial charge in [-0.3, -0.25) is 9.52 Å². The molecule has 0 saturated carbocycles. The predicted molar refractivity (Wildman–Crippen MR) is 155 cm³/mol. The molecular weight excluding hydrogens is 578 g/mol. The molecule has 194 valence electrons. The van der Waals surface area contributed by atoms with Crippen molar-refractivity contribution in [3.8, 4) is 16.9 Å². The molecule has 8 nitrogen and oxygen atoms in total. The Morgan fingerprint density at radius 2 is 1.49 bits per heavy atom. The number of carbonyl (C=O) groups excluding carboxylic acids is 1. The van der Waals surface area contributed by atoms with E-state index in [-0.39, 0.29) is 4.90 Å². The Balaban J connectivity index is 1.31. The molecular formula is C29H22BrN5O3S. The molecule has 0 radical (unpaired) electrons. The van der Waals surface area contributed by atoms with Crippen molar-refractivity contribution in [2.75, 3.05) is 4.72 Å². The Bertz CT molecular complexity index is 1720. The lowest BCUT2D eigenvalue weighted by Gasteiger charge is -2.08. The average Bonchev–Trinajstić information content (AvgIpc) is 3.39. The number of sulfonamides is 1. The number of hydrazone groups is 1. The van der Waals surface area contributed by atoms with E-state index in [0.717, 1.165) is 15.7 Å². The average molecular weight is 600 g/mol. The molecule has 4 aromatic carbocycles. The van der Waals surface area contributed by atoms with Crippen LogP contribution in [0.5, 0.6) is 0 Å². The van der Waals surface area contributed by atoms with Crippen LogP contribution in [0, 0.1) is 0 Å². The minimum Gasteiger partial charge on any atom is -0.280 e. The van der Waals surface area contributed by atoms with Gasteiger partial charge in [-0.05, 0) is 60.7 Å². The summed E-state index contributed by atoms with van der Waals surface area (Å²) in [6.07, 6.45) is 3.39. The maximum absolute atomic E-state index is 12.7.